The minimum absolute atomic E-state index is 0.0854. The summed E-state index contributed by atoms with van der Waals surface area (Å²) in [5, 5.41) is 8.52. The van der Waals surface area contributed by atoms with E-state index in [4.69, 9.17) is 5.11 Å². The van der Waals surface area contributed by atoms with Crippen LogP contribution in [0.3, 0.4) is 0 Å². The minimum atomic E-state index is -2.68. The lowest BCUT2D eigenvalue weighted by Gasteiger charge is -2.44. The first-order chi connectivity index (χ1) is 19.8. The third kappa shape index (κ3) is 7.99. The van der Waals surface area contributed by atoms with Crippen LogP contribution in [0.5, 0.6) is 0 Å². The molecular weight excluding hydrogens is 557 g/mol. The highest BCUT2D eigenvalue weighted by Gasteiger charge is 2.39. The van der Waals surface area contributed by atoms with Gasteiger partial charge < -0.3 is 5.11 Å². The number of hydrogen-bond acceptors (Lipinski definition) is 3. The summed E-state index contributed by atoms with van der Waals surface area (Å²) in [5.74, 6) is 4.39. The molecule has 0 fully saturated rings. The number of carbonyl (C=O) groups excluding carboxylic acids is 1. The molecule has 2 aromatic carbocycles. The summed E-state index contributed by atoms with van der Waals surface area (Å²) in [4.78, 5) is 12.5. The maximum Gasteiger partial charge on any atom is 0.134 e. The average Bonchev–Trinajstić information content (AvgIpc) is 2.91. The van der Waals surface area contributed by atoms with Crippen LogP contribution in [0.2, 0.25) is 0 Å². The summed E-state index contributed by atoms with van der Waals surface area (Å²) in [6.45, 7) is 19.4. The van der Waals surface area contributed by atoms with E-state index in [1.54, 1.807) is 33.8 Å². The van der Waals surface area contributed by atoms with E-state index in [0.717, 1.165) is 58.3 Å². The Morgan fingerprint density at radius 1 is 1.14 bits per heavy atom. The number of allylic oxidation sites excluding steroid dienone is 2. The molecule has 0 bridgehead atoms. The third-order valence-electron chi connectivity index (χ3n) is 8.17. The van der Waals surface area contributed by atoms with Gasteiger partial charge in [0.1, 0.15) is 11.6 Å². The van der Waals surface area contributed by atoms with Gasteiger partial charge in [-0.25, -0.2) is 8.60 Å². The Bertz CT molecular complexity index is 1500. The number of nitrogens with zero attached hydrogens (tertiary/aromatic N) is 1. The molecule has 1 aliphatic heterocycles. The topological polar surface area (TPSA) is 57.6 Å². The molecule has 4 nitrogen and oxygen atoms in total. The maximum atomic E-state index is 15.7. The predicted molar refractivity (Wildman–Crippen MR) is 184 cm³/mol. The molecule has 0 saturated carbocycles. The van der Waals surface area contributed by atoms with Gasteiger partial charge in [0.2, 0.25) is 0 Å². The van der Waals surface area contributed by atoms with E-state index < -0.39 is 15.3 Å². The van der Waals surface area contributed by atoms with Crippen LogP contribution in [0.1, 0.15) is 115 Å². The molecule has 0 saturated heterocycles. The summed E-state index contributed by atoms with van der Waals surface area (Å²) in [6.07, 6.45) is 14.2. The Kier molecular flexibility index (Phi) is 11.7. The molecule has 1 unspecified atom stereocenters. The highest BCUT2D eigenvalue weighted by molar-refractivity contribution is 8.01. The lowest BCUT2D eigenvalue weighted by atomic mass is 9.73. The number of fused-ring (bicyclic) bond motifs is 3. The number of carbonyl (C=O) groups is 1. The molecule has 236 valence electrons. The zero-order valence-electron chi connectivity index (χ0n) is 28.0. The van der Waals surface area contributed by atoms with Crippen LogP contribution < -0.4 is 4.31 Å². The van der Waals surface area contributed by atoms with Crippen molar-refractivity contribution in [2.75, 3.05) is 10.1 Å². The fourth-order valence-electron chi connectivity index (χ4n) is 6.12. The second kappa shape index (κ2) is 13.8. The number of rotatable bonds is 6. The molecule has 1 heterocycles. The quantitative estimate of drug-likeness (QED) is 0.263. The van der Waals surface area contributed by atoms with Crippen LogP contribution in [0.15, 0.2) is 24.3 Å². The first-order valence-corrected chi connectivity index (χ1v) is 17.0. The zero-order chi connectivity index (χ0) is 33.1. The number of ketones is 1. The first-order valence-electron chi connectivity index (χ1n) is 15.2. The molecule has 1 aliphatic carbocycles. The highest BCUT2D eigenvalue weighted by Crippen LogP contribution is 2.54. The lowest BCUT2D eigenvalue weighted by molar-refractivity contribution is -0.116. The second-order valence-corrected chi connectivity index (χ2v) is 16.0. The van der Waals surface area contributed by atoms with Gasteiger partial charge in [-0.15, -0.1) is 12.8 Å². The van der Waals surface area contributed by atoms with Crippen molar-refractivity contribution in [3.8, 4) is 24.0 Å². The number of aliphatic hydroxyl groups is 1. The summed E-state index contributed by atoms with van der Waals surface area (Å²) < 4.78 is 31.7. The van der Waals surface area contributed by atoms with E-state index in [1.165, 1.54) is 11.6 Å². The highest BCUT2D eigenvalue weighted by atomic mass is 32.2. The van der Waals surface area contributed by atoms with E-state index in [0.29, 0.717) is 24.2 Å². The normalized spacial score (nSPS) is 18.4. The SMILES string of the molecule is C#C.C=S(=O)(CC)N1c2c(C)c(CC(C)=O)c(C3=CCC(C)(C)CC3)c(C)c2-c2c(F)cccc2[C@@H]1CC.CC(C)(C)O. The van der Waals surface area contributed by atoms with E-state index in [9.17, 15) is 9.00 Å². The third-order valence-corrected chi connectivity index (χ3v) is 10.2. The number of anilines is 1. The van der Waals surface area contributed by atoms with Crippen molar-refractivity contribution in [2.45, 2.75) is 113 Å². The van der Waals surface area contributed by atoms with E-state index >= 15 is 4.39 Å². The largest absolute Gasteiger partial charge is 0.391 e. The molecule has 0 amide bonds. The zero-order valence-corrected chi connectivity index (χ0v) is 28.8. The van der Waals surface area contributed by atoms with Crippen LogP contribution in [0.25, 0.3) is 16.7 Å². The summed E-state index contributed by atoms with van der Waals surface area (Å²) in [7, 11) is -2.68. The molecule has 0 spiro atoms. The Hall–Kier alpha value is -2.88. The van der Waals surface area contributed by atoms with Crippen LogP contribution in [0.4, 0.5) is 10.1 Å². The fraction of sp³-hybridized carbons (Fsp3) is 0.514. The van der Waals surface area contributed by atoms with Gasteiger partial charge in [-0.1, -0.05) is 45.9 Å². The Morgan fingerprint density at radius 2 is 1.72 bits per heavy atom. The molecule has 0 radical (unpaired) electrons. The summed E-state index contributed by atoms with van der Waals surface area (Å²) in [6, 6.07) is 4.98. The van der Waals surface area contributed by atoms with Gasteiger partial charge in [0.15, 0.2) is 0 Å². The van der Waals surface area contributed by atoms with Gasteiger partial charge >= 0.3 is 0 Å². The van der Waals surface area contributed by atoms with Crippen molar-refractivity contribution in [1.82, 2.24) is 0 Å². The van der Waals surface area contributed by atoms with Crippen molar-refractivity contribution in [2.24, 2.45) is 5.41 Å². The molecule has 0 aromatic heterocycles. The van der Waals surface area contributed by atoms with Gasteiger partial charge in [-0.05, 0) is 118 Å². The fourth-order valence-corrected chi connectivity index (χ4v) is 7.69. The van der Waals surface area contributed by atoms with Crippen molar-refractivity contribution in [3.05, 3.63) is 57.9 Å². The van der Waals surface area contributed by atoms with Gasteiger partial charge in [-0.3, -0.25) is 9.10 Å². The van der Waals surface area contributed by atoms with E-state index in [-0.39, 0.29) is 23.1 Å². The molecule has 2 aliphatic rings. The number of hydrogen-bond donors (Lipinski definition) is 1. The van der Waals surface area contributed by atoms with Crippen LogP contribution >= 0.6 is 0 Å². The summed E-state index contributed by atoms with van der Waals surface area (Å²) >= 11 is 0. The molecule has 2 aromatic rings. The van der Waals surface area contributed by atoms with E-state index in [1.807, 2.05) is 31.1 Å². The Morgan fingerprint density at radius 3 is 2.19 bits per heavy atom. The number of benzene rings is 2. The molecule has 4 rings (SSSR count). The smallest absolute Gasteiger partial charge is 0.134 e. The molecule has 6 heteroatoms. The number of terminal acetylenes is 1. The first kappa shape index (κ1) is 36.3. The Balaban J connectivity index is 0.000000836. The molecule has 43 heavy (non-hydrogen) atoms. The van der Waals surface area contributed by atoms with Crippen LogP contribution in [-0.4, -0.2) is 32.3 Å². The standard InChI is InChI=1S/C31H40FNO2S.C4H10O.C2H2/c1-9-26-23-12-11-13-25(32)29(23)28-21(5)27(22-14-16-31(6,7)17-15-22)24(18-19(3)34)20(4)30(28)33(26)36(8,35)10-2;1-4(2,3)5;1-2/h11-14,26H,8-10,15-18H2,1-7H3;5H,1-3H3;1-2H/t26-,36?;;/m0../s1. The lowest BCUT2D eigenvalue weighted by Crippen LogP contribution is -2.39. The van der Waals surface area contributed by atoms with Gasteiger partial charge in [-0.2, -0.15) is 0 Å². The monoisotopic (exact) mass is 609 g/mol. The molecule has 1 N–H and O–H groups in total. The van der Waals surface area contributed by atoms with Gasteiger partial charge in [0, 0.05) is 33.0 Å². The summed E-state index contributed by atoms with van der Waals surface area (Å²) in [5.41, 5.74) is 7.99. The van der Waals surface area contributed by atoms with Crippen molar-refractivity contribution in [3.63, 3.8) is 0 Å². The van der Waals surface area contributed by atoms with Crippen molar-refractivity contribution in [1.29, 1.82) is 0 Å². The van der Waals surface area contributed by atoms with Crippen LogP contribution in [0, 0.1) is 37.9 Å². The maximum absolute atomic E-state index is 15.7. The van der Waals surface area contributed by atoms with Crippen LogP contribution in [-0.2, 0) is 20.9 Å². The average molecular weight is 610 g/mol. The predicted octanol–water partition coefficient (Wildman–Crippen LogP) is 8.78. The molecular formula is C37H52FNO3S. The van der Waals surface area contributed by atoms with Crippen molar-refractivity contribution < 1.29 is 18.5 Å². The van der Waals surface area contributed by atoms with Gasteiger partial charge in [0.25, 0.3) is 0 Å². The van der Waals surface area contributed by atoms with Gasteiger partial charge in [0.05, 0.1) is 17.3 Å². The Labute approximate surface area is 260 Å². The molecule has 2 atom stereocenters. The number of Topliss-reactive ketones (excluding diaryl/α,β-unsaturated/α-hetero) is 1. The second-order valence-electron chi connectivity index (χ2n) is 13.5. The number of halogens is 1. The van der Waals surface area contributed by atoms with Crippen molar-refractivity contribution >= 4 is 32.6 Å². The minimum Gasteiger partial charge on any atom is -0.391 e. The van der Waals surface area contributed by atoms with E-state index in [2.05, 4.69) is 45.6 Å².